The van der Waals surface area contributed by atoms with Crippen molar-refractivity contribution in [2.45, 2.75) is 0 Å². The fraction of sp³-hybridized carbons (Fsp3) is 0.0714. The summed E-state index contributed by atoms with van der Waals surface area (Å²) in [6, 6.07) is 68.6. The number of aliphatic hydroxyl groups is 2. The summed E-state index contributed by atoms with van der Waals surface area (Å²) in [6.07, 6.45) is 0. The Balaban J connectivity index is 1.28. The van der Waals surface area contributed by atoms with Gasteiger partial charge in [-0.2, -0.15) is 0 Å². The molecule has 0 aliphatic rings. The fourth-order valence-corrected chi connectivity index (χ4v) is 8.48. The molecule has 0 unspecified atom stereocenters. The molecule has 0 heterocycles. The van der Waals surface area contributed by atoms with Crippen molar-refractivity contribution >= 4 is 43.1 Å². The molecule has 0 fully saturated rings. The molecule has 0 aliphatic heterocycles. The highest BCUT2D eigenvalue weighted by molar-refractivity contribution is 5.98. The monoisotopic (exact) mass is 778 g/mol. The van der Waals surface area contributed by atoms with Crippen molar-refractivity contribution in [1.29, 1.82) is 0 Å². The number of aliphatic hydroxyl groups excluding tert-OH is 2. The molecule has 4 heteroatoms. The summed E-state index contributed by atoms with van der Waals surface area (Å²) in [6.45, 7) is 0.0659. The third kappa shape index (κ3) is 7.13. The van der Waals surface area contributed by atoms with Crippen LogP contribution in [-0.2, 0) is 0 Å². The van der Waals surface area contributed by atoms with E-state index in [1.54, 1.807) is 0 Å². The van der Waals surface area contributed by atoms with Crippen molar-refractivity contribution in [2.75, 3.05) is 26.4 Å². The standard InChI is InChI=1S/C56H42O4/c57-25-27-59-55-51(45-21-17-37-9-1-5-13-41(37)29-45)33-49(34-52(55)46-22-18-38-10-2-6-14-42(38)30-46)50-35-53(47-23-19-39-11-3-7-15-43(39)31-47)56(60-28-26-58)54(36-50)48-24-20-40-12-4-8-16-44(40)32-48/h1-24,29-36,57-58H,25-28H2. The minimum atomic E-state index is -0.115. The molecule has 0 aromatic heterocycles. The maximum Gasteiger partial charge on any atom is 0.135 e. The predicted octanol–water partition coefficient (Wildman–Crippen LogP) is 13.4. The van der Waals surface area contributed by atoms with Crippen LogP contribution in [0.4, 0.5) is 0 Å². The topological polar surface area (TPSA) is 58.9 Å². The van der Waals surface area contributed by atoms with Crippen LogP contribution in [0, 0.1) is 0 Å². The summed E-state index contributed by atoms with van der Waals surface area (Å²) in [7, 11) is 0. The van der Waals surface area contributed by atoms with E-state index in [0.717, 1.165) is 98.7 Å². The number of hydrogen-bond donors (Lipinski definition) is 2. The Labute approximate surface area is 349 Å². The molecule has 4 nitrogen and oxygen atoms in total. The van der Waals surface area contributed by atoms with E-state index >= 15 is 0 Å². The molecule has 0 radical (unpaired) electrons. The molecule has 0 spiro atoms. The molecular weight excluding hydrogens is 737 g/mol. The lowest BCUT2D eigenvalue weighted by Crippen LogP contribution is -2.05. The Hall–Kier alpha value is -7.24. The van der Waals surface area contributed by atoms with Crippen LogP contribution < -0.4 is 9.47 Å². The second kappa shape index (κ2) is 16.2. The number of hydrogen-bond acceptors (Lipinski definition) is 4. The molecule has 10 aromatic carbocycles. The highest BCUT2D eigenvalue weighted by Gasteiger charge is 2.22. The zero-order chi connectivity index (χ0) is 40.4. The van der Waals surface area contributed by atoms with E-state index in [1.165, 1.54) is 0 Å². The van der Waals surface area contributed by atoms with E-state index in [4.69, 9.17) is 9.47 Å². The van der Waals surface area contributed by atoms with Crippen LogP contribution >= 0.6 is 0 Å². The molecule has 60 heavy (non-hydrogen) atoms. The van der Waals surface area contributed by atoms with Crippen molar-refractivity contribution in [1.82, 2.24) is 0 Å². The average Bonchev–Trinajstić information content (AvgIpc) is 3.31. The summed E-state index contributed by atoms with van der Waals surface area (Å²) >= 11 is 0. The number of fused-ring (bicyclic) bond motifs is 4. The molecule has 0 atom stereocenters. The van der Waals surface area contributed by atoms with Crippen molar-refractivity contribution in [3.8, 4) is 67.1 Å². The third-order valence-electron chi connectivity index (χ3n) is 11.4. The molecule has 0 bridgehead atoms. The second-order valence-electron chi connectivity index (χ2n) is 15.2. The molecular formula is C56H42O4. The Morgan fingerprint density at radius 3 is 0.767 bits per heavy atom. The smallest absolute Gasteiger partial charge is 0.135 e. The predicted molar refractivity (Wildman–Crippen MR) is 249 cm³/mol. The maximum absolute atomic E-state index is 10.1. The summed E-state index contributed by atoms with van der Waals surface area (Å²) < 4.78 is 13.2. The van der Waals surface area contributed by atoms with Gasteiger partial charge in [0.05, 0.1) is 13.2 Å². The minimum absolute atomic E-state index is 0.115. The van der Waals surface area contributed by atoms with Gasteiger partial charge in [-0.1, -0.05) is 146 Å². The number of benzene rings is 10. The van der Waals surface area contributed by atoms with Gasteiger partial charge in [0, 0.05) is 22.3 Å². The van der Waals surface area contributed by atoms with Gasteiger partial charge in [-0.25, -0.2) is 0 Å². The van der Waals surface area contributed by atoms with E-state index in [1.807, 2.05) is 0 Å². The van der Waals surface area contributed by atoms with Gasteiger partial charge >= 0.3 is 0 Å². The first-order valence-corrected chi connectivity index (χ1v) is 20.4. The molecule has 0 amide bonds. The van der Waals surface area contributed by atoms with Crippen LogP contribution in [-0.4, -0.2) is 36.6 Å². The number of ether oxygens (including phenoxy) is 2. The molecule has 290 valence electrons. The summed E-state index contributed by atoms with van der Waals surface area (Å²) in [5.41, 5.74) is 9.74. The first-order valence-electron chi connectivity index (χ1n) is 20.4. The Morgan fingerprint density at radius 1 is 0.267 bits per heavy atom. The van der Waals surface area contributed by atoms with Crippen LogP contribution in [0.25, 0.3) is 98.7 Å². The summed E-state index contributed by atoms with van der Waals surface area (Å²) in [5.74, 6) is 1.43. The van der Waals surface area contributed by atoms with Crippen molar-refractivity contribution in [2.24, 2.45) is 0 Å². The highest BCUT2D eigenvalue weighted by atomic mass is 16.5. The van der Waals surface area contributed by atoms with Gasteiger partial charge < -0.3 is 19.7 Å². The zero-order valence-corrected chi connectivity index (χ0v) is 33.0. The Morgan fingerprint density at radius 2 is 0.517 bits per heavy atom. The zero-order valence-electron chi connectivity index (χ0n) is 33.0. The van der Waals surface area contributed by atoms with Crippen molar-refractivity contribution in [3.05, 3.63) is 194 Å². The lowest BCUT2D eigenvalue weighted by Gasteiger charge is -2.22. The minimum Gasteiger partial charge on any atom is -0.490 e. The molecule has 2 N–H and O–H groups in total. The van der Waals surface area contributed by atoms with Crippen molar-refractivity contribution < 1.29 is 19.7 Å². The molecule has 0 aliphatic carbocycles. The Kier molecular flexibility index (Phi) is 10.00. The van der Waals surface area contributed by atoms with Gasteiger partial charge in [0.2, 0.25) is 0 Å². The first kappa shape index (κ1) is 37.1. The van der Waals surface area contributed by atoms with E-state index in [9.17, 15) is 10.2 Å². The van der Waals surface area contributed by atoms with Crippen molar-refractivity contribution in [3.63, 3.8) is 0 Å². The quantitative estimate of drug-likeness (QED) is 0.137. The highest BCUT2D eigenvalue weighted by Crippen LogP contribution is 2.48. The molecule has 10 aromatic rings. The molecule has 10 rings (SSSR count). The van der Waals surface area contributed by atoms with E-state index in [2.05, 4.69) is 194 Å². The Bertz CT molecular complexity index is 2780. The SMILES string of the molecule is OCCOc1c(-c2ccc3ccccc3c2)cc(-c2cc(-c3ccc4ccccc4c3)c(OCCO)c(-c3ccc4ccccc4c3)c2)cc1-c1ccc2ccccc2c1. The van der Waals surface area contributed by atoms with Gasteiger partial charge in [-0.05, 0) is 125 Å². The van der Waals surface area contributed by atoms with Gasteiger partial charge in [0.15, 0.2) is 0 Å². The normalized spacial score (nSPS) is 11.4. The molecule has 0 saturated carbocycles. The average molecular weight is 779 g/mol. The van der Waals surface area contributed by atoms with E-state index in [-0.39, 0.29) is 26.4 Å². The number of rotatable bonds is 11. The second-order valence-corrected chi connectivity index (χ2v) is 15.2. The lowest BCUT2D eigenvalue weighted by atomic mass is 9.87. The maximum atomic E-state index is 10.1. The van der Waals surface area contributed by atoms with Gasteiger partial charge in [0.1, 0.15) is 24.7 Å². The fourth-order valence-electron chi connectivity index (χ4n) is 8.48. The third-order valence-corrected chi connectivity index (χ3v) is 11.4. The lowest BCUT2D eigenvalue weighted by molar-refractivity contribution is 0.202. The van der Waals surface area contributed by atoms with Crippen LogP contribution in [0.15, 0.2) is 194 Å². The largest absolute Gasteiger partial charge is 0.490 e. The molecule has 0 saturated heterocycles. The van der Waals surface area contributed by atoms with Gasteiger partial charge in [-0.15, -0.1) is 0 Å². The van der Waals surface area contributed by atoms with E-state index < -0.39 is 0 Å². The summed E-state index contributed by atoms with van der Waals surface area (Å²) in [5, 5.41) is 29.4. The van der Waals surface area contributed by atoms with Gasteiger partial charge in [-0.3, -0.25) is 0 Å². The first-order chi connectivity index (χ1) is 29.6. The summed E-state index contributed by atoms with van der Waals surface area (Å²) in [4.78, 5) is 0. The van der Waals surface area contributed by atoms with Crippen LogP contribution in [0.1, 0.15) is 0 Å². The van der Waals surface area contributed by atoms with E-state index in [0.29, 0.717) is 11.5 Å². The van der Waals surface area contributed by atoms with Crippen LogP contribution in [0.5, 0.6) is 11.5 Å². The van der Waals surface area contributed by atoms with Gasteiger partial charge in [0.25, 0.3) is 0 Å². The van der Waals surface area contributed by atoms with Crippen LogP contribution in [0.2, 0.25) is 0 Å². The van der Waals surface area contributed by atoms with Crippen LogP contribution in [0.3, 0.4) is 0 Å².